The number of hydrogen-bond donors (Lipinski definition) is 1. The number of imide groups is 1. The number of benzene rings is 1. The van der Waals surface area contributed by atoms with Crippen LogP contribution in [-0.4, -0.2) is 40.8 Å². The number of ether oxygens (including phenoxy) is 1. The highest BCUT2D eigenvalue weighted by atomic mass is 16.6. The molecule has 1 aromatic carbocycles. The molecule has 0 fully saturated rings. The Kier molecular flexibility index (Phi) is 3.45. The van der Waals surface area contributed by atoms with E-state index in [0.717, 1.165) is 4.90 Å². The van der Waals surface area contributed by atoms with Crippen molar-refractivity contribution < 1.29 is 19.4 Å². The monoisotopic (exact) mass is 249 g/mol. The van der Waals surface area contributed by atoms with Crippen LogP contribution in [0.5, 0.6) is 0 Å². The van der Waals surface area contributed by atoms with E-state index in [1.807, 2.05) is 0 Å². The Morgan fingerprint density at radius 1 is 1.17 bits per heavy atom. The number of amides is 2. The molecule has 0 saturated carbocycles. The zero-order chi connectivity index (χ0) is 13.3. The van der Waals surface area contributed by atoms with Crippen molar-refractivity contribution in [1.82, 2.24) is 4.90 Å². The molecule has 0 radical (unpaired) electrons. The molecule has 0 bridgehead atoms. The van der Waals surface area contributed by atoms with E-state index in [-0.39, 0.29) is 24.5 Å². The molecular formula is C13H15NO4. The smallest absolute Gasteiger partial charge is 0.261 e. The van der Waals surface area contributed by atoms with E-state index < -0.39 is 6.29 Å². The molecule has 0 aromatic heterocycles. The largest absolute Gasteiger partial charge is 0.366 e. The predicted octanol–water partition coefficient (Wildman–Crippen LogP) is 1.03. The van der Waals surface area contributed by atoms with Crippen LogP contribution >= 0.6 is 0 Å². The van der Waals surface area contributed by atoms with Crippen LogP contribution in [0.1, 0.15) is 34.6 Å². The molecule has 1 aliphatic rings. The summed E-state index contributed by atoms with van der Waals surface area (Å²) in [6.07, 6.45) is -1.33. The summed E-state index contributed by atoms with van der Waals surface area (Å²) in [6, 6.07) is 6.61. The van der Waals surface area contributed by atoms with Gasteiger partial charge in [-0.3, -0.25) is 14.5 Å². The first-order valence-electron chi connectivity index (χ1n) is 5.79. The van der Waals surface area contributed by atoms with E-state index in [0.29, 0.717) is 11.1 Å². The first kappa shape index (κ1) is 12.7. The summed E-state index contributed by atoms with van der Waals surface area (Å²) in [7, 11) is 0. The molecule has 5 heteroatoms. The minimum atomic E-state index is -1.16. The molecule has 2 amide bonds. The number of carbonyl (C=O) groups excluding carboxylic acids is 2. The van der Waals surface area contributed by atoms with Gasteiger partial charge in [0.25, 0.3) is 11.8 Å². The van der Waals surface area contributed by atoms with Gasteiger partial charge < -0.3 is 9.84 Å². The summed E-state index contributed by atoms with van der Waals surface area (Å²) < 4.78 is 5.12. The van der Waals surface area contributed by atoms with Gasteiger partial charge in [-0.25, -0.2) is 0 Å². The highest BCUT2D eigenvalue weighted by Gasteiger charge is 2.36. The first-order valence-corrected chi connectivity index (χ1v) is 5.79. The molecule has 1 N–H and O–H groups in total. The molecule has 0 saturated heterocycles. The maximum Gasteiger partial charge on any atom is 0.261 e. The van der Waals surface area contributed by atoms with Gasteiger partial charge in [0.1, 0.15) is 0 Å². The number of aliphatic hydroxyl groups is 1. The van der Waals surface area contributed by atoms with Gasteiger partial charge in [0.05, 0.1) is 23.8 Å². The second kappa shape index (κ2) is 4.88. The normalized spacial score (nSPS) is 16.3. The predicted molar refractivity (Wildman–Crippen MR) is 64.0 cm³/mol. The minimum absolute atomic E-state index is 0.148. The van der Waals surface area contributed by atoms with Gasteiger partial charge in [-0.2, -0.15) is 0 Å². The molecule has 0 spiro atoms. The Balaban J connectivity index is 2.14. The summed E-state index contributed by atoms with van der Waals surface area (Å²) in [5.41, 5.74) is 0.749. The lowest BCUT2D eigenvalue weighted by atomic mass is 10.1. The summed E-state index contributed by atoms with van der Waals surface area (Å²) in [6.45, 7) is 3.39. The Hall–Kier alpha value is -1.72. The number of aliphatic hydroxyl groups excluding tert-OH is 1. The van der Waals surface area contributed by atoms with Gasteiger partial charge in [-0.05, 0) is 26.0 Å². The van der Waals surface area contributed by atoms with Crippen LogP contribution in [0.25, 0.3) is 0 Å². The van der Waals surface area contributed by atoms with Crippen LogP contribution in [0.2, 0.25) is 0 Å². The molecular weight excluding hydrogens is 234 g/mol. The average Bonchev–Trinajstić information content (AvgIpc) is 2.54. The number of rotatable bonds is 4. The van der Waals surface area contributed by atoms with Crippen LogP contribution in [-0.2, 0) is 4.74 Å². The van der Waals surface area contributed by atoms with Crippen LogP contribution in [0, 0.1) is 0 Å². The fourth-order valence-corrected chi connectivity index (χ4v) is 1.92. The van der Waals surface area contributed by atoms with Crippen molar-refractivity contribution in [3.63, 3.8) is 0 Å². The SMILES string of the molecule is CC(C)OC(O)CN1C(=O)c2ccccc2C1=O. The first-order chi connectivity index (χ1) is 8.50. The van der Waals surface area contributed by atoms with Gasteiger partial charge >= 0.3 is 0 Å². The van der Waals surface area contributed by atoms with E-state index in [2.05, 4.69) is 0 Å². The highest BCUT2D eigenvalue weighted by molar-refractivity contribution is 6.21. The third-order valence-corrected chi connectivity index (χ3v) is 2.65. The third kappa shape index (κ3) is 2.27. The van der Waals surface area contributed by atoms with Crippen LogP contribution in [0.3, 0.4) is 0 Å². The molecule has 1 unspecified atom stereocenters. The fourth-order valence-electron chi connectivity index (χ4n) is 1.92. The van der Waals surface area contributed by atoms with Crippen LogP contribution in [0.15, 0.2) is 24.3 Å². The van der Waals surface area contributed by atoms with Crippen molar-refractivity contribution in [2.75, 3.05) is 6.54 Å². The lowest BCUT2D eigenvalue weighted by molar-refractivity contribution is -0.129. The van der Waals surface area contributed by atoms with E-state index in [1.165, 1.54) is 0 Å². The van der Waals surface area contributed by atoms with Crippen molar-refractivity contribution >= 4 is 11.8 Å². The van der Waals surface area contributed by atoms with Crippen molar-refractivity contribution in [3.05, 3.63) is 35.4 Å². The lowest BCUT2D eigenvalue weighted by Gasteiger charge is -2.20. The van der Waals surface area contributed by atoms with Crippen molar-refractivity contribution in [2.45, 2.75) is 26.2 Å². The standard InChI is InChI=1S/C13H15NO4/c1-8(2)18-11(15)7-14-12(16)9-5-3-4-6-10(9)13(14)17/h3-6,8,11,15H,7H2,1-2H3. The zero-order valence-electron chi connectivity index (χ0n) is 10.3. The highest BCUT2D eigenvalue weighted by Crippen LogP contribution is 2.22. The van der Waals surface area contributed by atoms with E-state index in [1.54, 1.807) is 38.1 Å². The number of hydrogen-bond acceptors (Lipinski definition) is 4. The number of nitrogens with zero attached hydrogens (tertiary/aromatic N) is 1. The maximum absolute atomic E-state index is 12.0. The number of β-amino-alcohol motifs (C(OH)–C–C–N with tert-alkyl or cyclic N) is 1. The molecule has 0 aliphatic carbocycles. The third-order valence-electron chi connectivity index (χ3n) is 2.65. The van der Waals surface area contributed by atoms with Crippen molar-refractivity contribution in [1.29, 1.82) is 0 Å². The van der Waals surface area contributed by atoms with Crippen LogP contribution < -0.4 is 0 Å². The number of fused-ring (bicyclic) bond motifs is 1. The Bertz CT molecular complexity index is 449. The lowest BCUT2D eigenvalue weighted by Crippen LogP contribution is -2.38. The van der Waals surface area contributed by atoms with E-state index in [4.69, 9.17) is 4.74 Å². The molecule has 5 nitrogen and oxygen atoms in total. The Morgan fingerprint density at radius 3 is 2.11 bits per heavy atom. The summed E-state index contributed by atoms with van der Waals surface area (Å²) >= 11 is 0. The van der Waals surface area contributed by atoms with Gasteiger partial charge in [0.2, 0.25) is 0 Å². The molecule has 18 heavy (non-hydrogen) atoms. The quantitative estimate of drug-likeness (QED) is 0.639. The Labute approximate surface area is 105 Å². The average molecular weight is 249 g/mol. The molecule has 1 atom stereocenters. The molecule has 1 aliphatic heterocycles. The van der Waals surface area contributed by atoms with Gasteiger partial charge in [-0.15, -0.1) is 0 Å². The van der Waals surface area contributed by atoms with Crippen molar-refractivity contribution in [2.24, 2.45) is 0 Å². The minimum Gasteiger partial charge on any atom is -0.366 e. The molecule has 96 valence electrons. The summed E-state index contributed by atoms with van der Waals surface area (Å²) in [4.78, 5) is 24.9. The summed E-state index contributed by atoms with van der Waals surface area (Å²) in [5.74, 6) is -0.774. The molecule has 2 rings (SSSR count). The fraction of sp³-hybridized carbons (Fsp3) is 0.385. The van der Waals surface area contributed by atoms with Gasteiger partial charge in [0, 0.05) is 0 Å². The Morgan fingerprint density at radius 2 is 1.67 bits per heavy atom. The summed E-state index contributed by atoms with van der Waals surface area (Å²) in [5, 5.41) is 9.63. The van der Waals surface area contributed by atoms with E-state index >= 15 is 0 Å². The second-order valence-corrected chi connectivity index (χ2v) is 4.41. The van der Waals surface area contributed by atoms with Gasteiger partial charge in [-0.1, -0.05) is 12.1 Å². The van der Waals surface area contributed by atoms with E-state index in [9.17, 15) is 14.7 Å². The molecule has 1 heterocycles. The van der Waals surface area contributed by atoms with Crippen LogP contribution in [0.4, 0.5) is 0 Å². The number of carbonyl (C=O) groups is 2. The molecule has 1 aromatic rings. The second-order valence-electron chi connectivity index (χ2n) is 4.41. The topological polar surface area (TPSA) is 66.8 Å². The zero-order valence-corrected chi connectivity index (χ0v) is 10.3. The maximum atomic E-state index is 12.0. The van der Waals surface area contributed by atoms with Crippen molar-refractivity contribution in [3.8, 4) is 0 Å². The van der Waals surface area contributed by atoms with Gasteiger partial charge in [0.15, 0.2) is 6.29 Å².